The maximum absolute atomic E-state index is 12.2. The first-order chi connectivity index (χ1) is 14.5. The molecule has 30 heavy (non-hydrogen) atoms. The van der Waals surface area contributed by atoms with Gasteiger partial charge in [-0.05, 0) is 49.4 Å². The second kappa shape index (κ2) is 8.73. The lowest BCUT2D eigenvalue weighted by Gasteiger charge is -2.28. The number of nitrogens with zero attached hydrogens (tertiary/aromatic N) is 2. The van der Waals surface area contributed by atoms with Crippen LogP contribution in [0.25, 0.3) is 11.3 Å². The van der Waals surface area contributed by atoms with Crippen LogP contribution in [0.2, 0.25) is 5.02 Å². The van der Waals surface area contributed by atoms with Gasteiger partial charge in [0, 0.05) is 22.5 Å². The zero-order valence-corrected chi connectivity index (χ0v) is 17.6. The van der Waals surface area contributed by atoms with Gasteiger partial charge in [-0.2, -0.15) is 0 Å². The molecule has 1 aliphatic rings. The van der Waals surface area contributed by atoms with E-state index in [0.29, 0.717) is 33.9 Å². The van der Waals surface area contributed by atoms with Crippen LogP contribution in [0.15, 0.2) is 47.8 Å². The summed E-state index contributed by atoms with van der Waals surface area (Å²) >= 11 is 7.14. The van der Waals surface area contributed by atoms with Gasteiger partial charge in [0.25, 0.3) is 11.8 Å². The van der Waals surface area contributed by atoms with E-state index in [1.54, 1.807) is 29.2 Å². The zero-order chi connectivity index (χ0) is 21.1. The fourth-order valence-electron chi connectivity index (χ4n) is 3.01. The molecule has 3 aromatic rings. The number of nitrogens with one attached hydrogen (secondary N) is 1. The molecule has 9 heteroatoms. The van der Waals surface area contributed by atoms with Crippen molar-refractivity contribution in [1.29, 1.82) is 0 Å². The topological polar surface area (TPSA) is 80.8 Å². The van der Waals surface area contributed by atoms with Crippen molar-refractivity contribution in [2.75, 3.05) is 30.0 Å². The molecule has 1 N–H and O–H groups in total. The van der Waals surface area contributed by atoms with E-state index in [1.807, 2.05) is 30.5 Å². The number of carbonyl (C=O) groups is 2. The SMILES string of the molecule is CCN1C(=O)COc2ccc(-c3csc(NC(=O)COc4ccc(Cl)cc4)n3)cc21. The molecule has 2 amide bonds. The minimum absolute atomic E-state index is 0.0468. The van der Waals surface area contributed by atoms with Crippen LogP contribution >= 0.6 is 22.9 Å². The summed E-state index contributed by atoms with van der Waals surface area (Å²) in [5, 5.41) is 5.64. The number of benzene rings is 2. The minimum atomic E-state index is -0.313. The van der Waals surface area contributed by atoms with Gasteiger partial charge in [0.1, 0.15) is 11.5 Å². The highest BCUT2D eigenvalue weighted by Gasteiger charge is 2.24. The van der Waals surface area contributed by atoms with Crippen molar-refractivity contribution in [1.82, 2.24) is 4.98 Å². The van der Waals surface area contributed by atoms with E-state index in [2.05, 4.69) is 10.3 Å². The Balaban J connectivity index is 1.43. The minimum Gasteiger partial charge on any atom is -0.484 e. The lowest BCUT2D eigenvalue weighted by atomic mass is 10.1. The molecule has 0 atom stereocenters. The van der Waals surface area contributed by atoms with E-state index in [1.165, 1.54) is 11.3 Å². The molecule has 1 aliphatic heterocycles. The van der Waals surface area contributed by atoms with Gasteiger partial charge in [-0.25, -0.2) is 4.98 Å². The number of rotatable bonds is 6. The second-order valence-corrected chi connectivity index (χ2v) is 7.73. The van der Waals surface area contributed by atoms with Crippen LogP contribution in [0, 0.1) is 0 Å². The van der Waals surface area contributed by atoms with Crippen molar-refractivity contribution in [3.8, 4) is 22.8 Å². The molecule has 2 heterocycles. The van der Waals surface area contributed by atoms with Gasteiger partial charge >= 0.3 is 0 Å². The maximum atomic E-state index is 12.2. The lowest BCUT2D eigenvalue weighted by molar-refractivity contribution is -0.121. The third-order valence-electron chi connectivity index (χ3n) is 4.45. The first-order valence-electron chi connectivity index (χ1n) is 9.25. The molecule has 4 rings (SSSR count). The first kappa shape index (κ1) is 20.2. The van der Waals surface area contributed by atoms with Gasteiger partial charge in [0.2, 0.25) is 0 Å². The largest absolute Gasteiger partial charge is 0.484 e. The van der Waals surface area contributed by atoms with Crippen LogP contribution in [-0.4, -0.2) is 36.6 Å². The summed E-state index contributed by atoms with van der Waals surface area (Å²) in [6.45, 7) is 2.39. The summed E-state index contributed by atoms with van der Waals surface area (Å²) in [6.07, 6.45) is 0. The Morgan fingerprint density at radius 2 is 2.10 bits per heavy atom. The third-order valence-corrected chi connectivity index (χ3v) is 5.46. The Kier molecular flexibility index (Phi) is 5.87. The molecule has 0 unspecified atom stereocenters. The lowest BCUT2D eigenvalue weighted by Crippen LogP contribution is -2.38. The summed E-state index contributed by atoms with van der Waals surface area (Å²) < 4.78 is 10.9. The number of thiazole rings is 1. The van der Waals surface area contributed by atoms with Gasteiger partial charge < -0.3 is 14.4 Å². The molecular weight excluding hydrogens is 426 g/mol. The van der Waals surface area contributed by atoms with E-state index in [-0.39, 0.29) is 25.0 Å². The summed E-state index contributed by atoms with van der Waals surface area (Å²) in [6, 6.07) is 12.4. The predicted octanol–water partition coefficient (Wildman–Crippen LogP) is 4.23. The van der Waals surface area contributed by atoms with E-state index in [4.69, 9.17) is 21.1 Å². The number of amides is 2. The van der Waals surface area contributed by atoms with Crippen molar-refractivity contribution < 1.29 is 19.1 Å². The van der Waals surface area contributed by atoms with Crippen molar-refractivity contribution in [2.45, 2.75) is 6.92 Å². The average Bonchev–Trinajstić information content (AvgIpc) is 3.21. The number of likely N-dealkylation sites (N-methyl/N-ethyl adjacent to an activating group) is 1. The smallest absolute Gasteiger partial charge is 0.265 e. The predicted molar refractivity (Wildman–Crippen MR) is 117 cm³/mol. The van der Waals surface area contributed by atoms with Gasteiger partial charge in [0.15, 0.2) is 18.3 Å². The molecule has 7 nitrogen and oxygen atoms in total. The van der Waals surface area contributed by atoms with E-state index in [0.717, 1.165) is 11.3 Å². The fourth-order valence-corrected chi connectivity index (χ4v) is 3.87. The Morgan fingerprint density at radius 1 is 1.30 bits per heavy atom. The van der Waals surface area contributed by atoms with Crippen LogP contribution in [-0.2, 0) is 9.59 Å². The standard InChI is InChI=1S/C21H18ClN3O4S/c1-2-25-17-9-13(3-8-18(17)29-11-20(25)27)16-12-30-21(23-16)24-19(26)10-28-15-6-4-14(22)5-7-15/h3-9,12H,2,10-11H2,1H3,(H,23,24,26). The molecule has 0 aliphatic carbocycles. The Morgan fingerprint density at radius 3 is 2.87 bits per heavy atom. The molecule has 0 saturated carbocycles. The number of hydrogen-bond acceptors (Lipinski definition) is 6. The van der Waals surface area contributed by atoms with Gasteiger partial charge in [-0.3, -0.25) is 14.9 Å². The van der Waals surface area contributed by atoms with Crippen molar-refractivity contribution in [3.63, 3.8) is 0 Å². The van der Waals surface area contributed by atoms with Crippen LogP contribution in [0.3, 0.4) is 0 Å². The van der Waals surface area contributed by atoms with Crippen molar-refractivity contribution in [3.05, 3.63) is 52.9 Å². The Hall–Kier alpha value is -3.10. The third kappa shape index (κ3) is 4.39. The Bertz CT molecular complexity index is 1080. The van der Waals surface area contributed by atoms with E-state index >= 15 is 0 Å². The van der Waals surface area contributed by atoms with Crippen LogP contribution in [0.5, 0.6) is 11.5 Å². The van der Waals surface area contributed by atoms with Crippen molar-refractivity contribution >= 4 is 45.6 Å². The first-order valence-corrected chi connectivity index (χ1v) is 10.5. The second-order valence-electron chi connectivity index (χ2n) is 6.44. The van der Waals surface area contributed by atoms with Gasteiger partial charge in [-0.15, -0.1) is 11.3 Å². The summed E-state index contributed by atoms with van der Waals surface area (Å²) in [4.78, 5) is 30.4. The van der Waals surface area contributed by atoms with Gasteiger partial charge in [-0.1, -0.05) is 11.6 Å². The highest BCUT2D eigenvalue weighted by Crippen LogP contribution is 2.36. The number of aromatic nitrogens is 1. The number of anilines is 2. The number of hydrogen-bond donors (Lipinski definition) is 1. The quantitative estimate of drug-likeness (QED) is 0.616. The highest BCUT2D eigenvalue weighted by atomic mass is 35.5. The Labute approximate surface area is 182 Å². The molecule has 2 aromatic carbocycles. The van der Waals surface area contributed by atoms with E-state index < -0.39 is 0 Å². The molecule has 1 aromatic heterocycles. The summed E-state index contributed by atoms with van der Waals surface area (Å²) in [7, 11) is 0. The number of fused-ring (bicyclic) bond motifs is 1. The van der Waals surface area contributed by atoms with Crippen LogP contribution in [0.1, 0.15) is 6.92 Å². The summed E-state index contributed by atoms with van der Waals surface area (Å²) in [5.41, 5.74) is 2.26. The fraction of sp³-hybridized carbons (Fsp3) is 0.190. The zero-order valence-electron chi connectivity index (χ0n) is 16.1. The number of halogens is 1. The number of ether oxygens (including phenoxy) is 2. The maximum Gasteiger partial charge on any atom is 0.265 e. The van der Waals surface area contributed by atoms with Crippen LogP contribution in [0.4, 0.5) is 10.8 Å². The average molecular weight is 444 g/mol. The number of carbonyl (C=O) groups excluding carboxylic acids is 2. The summed E-state index contributed by atoms with van der Waals surface area (Å²) in [5.74, 6) is 0.838. The molecule has 0 saturated heterocycles. The molecule has 0 radical (unpaired) electrons. The van der Waals surface area contributed by atoms with Gasteiger partial charge in [0.05, 0.1) is 11.4 Å². The van der Waals surface area contributed by atoms with Crippen LogP contribution < -0.4 is 19.7 Å². The normalized spacial score (nSPS) is 12.9. The van der Waals surface area contributed by atoms with Crippen molar-refractivity contribution in [2.24, 2.45) is 0 Å². The molecule has 154 valence electrons. The highest BCUT2D eigenvalue weighted by molar-refractivity contribution is 7.14. The molecule has 0 bridgehead atoms. The monoisotopic (exact) mass is 443 g/mol. The van der Waals surface area contributed by atoms with E-state index in [9.17, 15) is 9.59 Å². The molecular formula is C21H18ClN3O4S. The molecule has 0 fully saturated rings. The molecule has 0 spiro atoms.